The number of likely N-dealkylation sites (N-methyl/N-ethyl adjacent to an activating group) is 1. The number of hydrogen-bond acceptors (Lipinski definition) is 6. The number of aliphatic imine (C=N–C) groups is 1. The summed E-state index contributed by atoms with van der Waals surface area (Å²) in [6.07, 6.45) is 3.90. The van der Waals surface area contributed by atoms with Crippen molar-refractivity contribution in [1.29, 1.82) is 0 Å². The fraction of sp³-hybridized carbons (Fsp3) is 0.786. The molecule has 114 valence electrons. The maximum absolute atomic E-state index is 6.40. The molecule has 0 saturated carbocycles. The van der Waals surface area contributed by atoms with Crippen molar-refractivity contribution in [2.45, 2.75) is 32.4 Å². The number of guanidine groups is 1. The summed E-state index contributed by atoms with van der Waals surface area (Å²) in [5.41, 5.74) is 11.7. The molecule has 2 heterocycles. The van der Waals surface area contributed by atoms with Gasteiger partial charge in [-0.1, -0.05) is 13.8 Å². The Morgan fingerprint density at radius 1 is 1.35 bits per heavy atom. The Hall–Kier alpha value is -1.27. The van der Waals surface area contributed by atoms with Gasteiger partial charge in [-0.2, -0.15) is 0 Å². The average molecular weight is 280 g/mol. The highest BCUT2D eigenvalue weighted by Gasteiger charge is 2.29. The highest BCUT2D eigenvalue weighted by Crippen LogP contribution is 2.22. The van der Waals surface area contributed by atoms with Crippen molar-refractivity contribution in [3.05, 3.63) is 11.9 Å². The van der Waals surface area contributed by atoms with Crippen LogP contribution in [0, 0.1) is 5.92 Å². The summed E-state index contributed by atoms with van der Waals surface area (Å²) in [6.45, 7) is 8.48. The summed E-state index contributed by atoms with van der Waals surface area (Å²) in [4.78, 5) is 9.02. The minimum absolute atomic E-state index is 0.424. The Bertz CT molecular complexity index is 394. The zero-order chi connectivity index (χ0) is 14.8. The molecule has 1 saturated heterocycles. The summed E-state index contributed by atoms with van der Waals surface area (Å²) in [5.74, 6) is 2.05. The summed E-state index contributed by atoms with van der Waals surface area (Å²) in [6, 6.07) is 0. The predicted octanol–water partition coefficient (Wildman–Crippen LogP) is 0.0843. The number of nitrogens with two attached hydrogens (primary N) is 2. The van der Waals surface area contributed by atoms with E-state index in [4.69, 9.17) is 11.5 Å². The lowest BCUT2D eigenvalue weighted by molar-refractivity contribution is 0.179. The second kappa shape index (κ2) is 6.01. The number of nitrogens with one attached hydrogen (secondary N) is 1. The van der Waals surface area contributed by atoms with E-state index >= 15 is 0 Å². The van der Waals surface area contributed by atoms with Crippen molar-refractivity contribution in [2.75, 3.05) is 33.2 Å². The van der Waals surface area contributed by atoms with Crippen LogP contribution in [-0.4, -0.2) is 54.6 Å². The van der Waals surface area contributed by atoms with E-state index in [9.17, 15) is 0 Å². The van der Waals surface area contributed by atoms with Crippen molar-refractivity contribution in [3.63, 3.8) is 0 Å². The minimum atomic E-state index is -0.668. The molecule has 0 aliphatic carbocycles. The van der Waals surface area contributed by atoms with Gasteiger partial charge in [-0.25, -0.2) is 4.99 Å². The molecule has 1 fully saturated rings. The summed E-state index contributed by atoms with van der Waals surface area (Å²) < 4.78 is 0. The first-order chi connectivity index (χ1) is 9.38. The largest absolute Gasteiger partial charge is 0.370 e. The van der Waals surface area contributed by atoms with Crippen LogP contribution in [0.1, 0.15) is 26.7 Å². The van der Waals surface area contributed by atoms with E-state index in [0.29, 0.717) is 11.9 Å². The maximum Gasteiger partial charge on any atom is 0.196 e. The number of nitrogens with zero attached hydrogens (tertiary/aromatic N) is 3. The first-order valence-corrected chi connectivity index (χ1v) is 7.45. The van der Waals surface area contributed by atoms with Gasteiger partial charge in [-0.05, 0) is 31.9 Å². The molecule has 0 aromatic rings. The third-order valence-corrected chi connectivity index (χ3v) is 3.94. The van der Waals surface area contributed by atoms with Gasteiger partial charge in [-0.3, -0.25) is 0 Å². The lowest BCUT2D eigenvalue weighted by Gasteiger charge is -2.38. The highest BCUT2D eigenvalue weighted by molar-refractivity contribution is 5.81. The van der Waals surface area contributed by atoms with Gasteiger partial charge < -0.3 is 26.6 Å². The maximum atomic E-state index is 6.40. The van der Waals surface area contributed by atoms with E-state index in [1.165, 1.54) is 0 Å². The quantitative estimate of drug-likeness (QED) is 0.679. The first-order valence-electron chi connectivity index (χ1n) is 7.45. The summed E-state index contributed by atoms with van der Waals surface area (Å²) >= 11 is 0. The van der Waals surface area contributed by atoms with Gasteiger partial charge in [0.15, 0.2) is 5.96 Å². The zero-order valence-electron chi connectivity index (χ0n) is 12.9. The van der Waals surface area contributed by atoms with Crippen LogP contribution in [0.2, 0.25) is 0 Å². The molecular weight excluding hydrogens is 252 g/mol. The van der Waals surface area contributed by atoms with Crippen LogP contribution in [-0.2, 0) is 0 Å². The molecule has 1 atom stereocenters. The third kappa shape index (κ3) is 3.86. The number of rotatable bonds is 4. The van der Waals surface area contributed by atoms with E-state index in [1.54, 1.807) is 0 Å². The lowest BCUT2D eigenvalue weighted by Crippen LogP contribution is -2.53. The van der Waals surface area contributed by atoms with Crippen LogP contribution in [0.3, 0.4) is 0 Å². The molecule has 2 aliphatic heterocycles. The normalized spacial score (nSPS) is 28.1. The Balaban J connectivity index is 2.07. The Labute approximate surface area is 121 Å². The van der Waals surface area contributed by atoms with E-state index in [0.717, 1.165) is 44.8 Å². The van der Waals surface area contributed by atoms with Crippen molar-refractivity contribution in [3.8, 4) is 0 Å². The SMILES string of the molecule is CC(C)CCC1(N)C=C(N2CCN(C)CC2)NC(N)=N1. The molecular formula is C14H28N6. The van der Waals surface area contributed by atoms with Crippen molar-refractivity contribution >= 4 is 5.96 Å². The van der Waals surface area contributed by atoms with Crippen LogP contribution < -0.4 is 16.8 Å². The van der Waals surface area contributed by atoms with Crippen molar-refractivity contribution < 1.29 is 0 Å². The van der Waals surface area contributed by atoms with Gasteiger partial charge in [0, 0.05) is 26.2 Å². The molecule has 0 amide bonds. The van der Waals surface area contributed by atoms with Crippen LogP contribution in [0.15, 0.2) is 16.9 Å². The highest BCUT2D eigenvalue weighted by atomic mass is 15.3. The molecule has 6 heteroatoms. The first kappa shape index (κ1) is 15.1. The molecule has 5 N–H and O–H groups in total. The Kier molecular flexibility index (Phi) is 4.55. The molecule has 2 rings (SSSR count). The zero-order valence-corrected chi connectivity index (χ0v) is 12.9. The van der Waals surface area contributed by atoms with Crippen LogP contribution in [0.5, 0.6) is 0 Å². The molecule has 1 unspecified atom stereocenters. The molecule has 0 radical (unpaired) electrons. The molecule has 2 aliphatic rings. The van der Waals surface area contributed by atoms with Gasteiger partial charge in [0.1, 0.15) is 11.5 Å². The number of hydrogen-bond donors (Lipinski definition) is 3. The lowest BCUT2D eigenvalue weighted by atomic mass is 9.98. The molecule has 0 aromatic heterocycles. The summed E-state index contributed by atoms with van der Waals surface area (Å²) in [7, 11) is 2.14. The van der Waals surface area contributed by atoms with Crippen LogP contribution in [0.4, 0.5) is 0 Å². The molecule has 0 bridgehead atoms. The second-order valence-electron chi connectivity index (χ2n) is 6.37. The van der Waals surface area contributed by atoms with Gasteiger partial charge >= 0.3 is 0 Å². The summed E-state index contributed by atoms with van der Waals surface area (Å²) in [5, 5.41) is 3.16. The van der Waals surface area contributed by atoms with E-state index in [1.807, 2.05) is 6.08 Å². The van der Waals surface area contributed by atoms with Gasteiger partial charge in [0.05, 0.1) is 0 Å². The fourth-order valence-corrected chi connectivity index (χ4v) is 2.55. The number of piperazine rings is 1. The molecule has 6 nitrogen and oxygen atoms in total. The van der Waals surface area contributed by atoms with Gasteiger partial charge in [0.25, 0.3) is 0 Å². The van der Waals surface area contributed by atoms with Gasteiger partial charge in [0.2, 0.25) is 0 Å². The van der Waals surface area contributed by atoms with E-state index < -0.39 is 5.66 Å². The smallest absolute Gasteiger partial charge is 0.196 e. The topological polar surface area (TPSA) is 82.9 Å². The fourth-order valence-electron chi connectivity index (χ4n) is 2.55. The molecule has 20 heavy (non-hydrogen) atoms. The standard InChI is InChI=1S/C14H28N6/c1-11(2)4-5-14(16)10-12(17-13(15)18-14)20-8-6-19(3)7-9-20/h10-11H,4-9,16H2,1-3H3,(H3,15,17,18). The predicted molar refractivity (Wildman–Crippen MR) is 82.9 cm³/mol. The Morgan fingerprint density at radius 3 is 2.60 bits per heavy atom. The van der Waals surface area contributed by atoms with Crippen LogP contribution in [0.25, 0.3) is 0 Å². The Morgan fingerprint density at radius 2 is 2.00 bits per heavy atom. The van der Waals surface area contributed by atoms with Crippen LogP contribution >= 0.6 is 0 Å². The monoisotopic (exact) mass is 280 g/mol. The average Bonchev–Trinajstić information content (AvgIpc) is 2.36. The van der Waals surface area contributed by atoms with Crippen molar-refractivity contribution in [1.82, 2.24) is 15.1 Å². The third-order valence-electron chi connectivity index (χ3n) is 3.94. The van der Waals surface area contributed by atoms with Crippen molar-refractivity contribution in [2.24, 2.45) is 22.4 Å². The molecule has 0 spiro atoms. The van der Waals surface area contributed by atoms with E-state index in [2.05, 4.69) is 41.0 Å². The molecule has 0 aromatic carbocycles. The van der Waals surface area contributed by atoms with Gasteiger partial charge in [-0.15, -0.1) is 0 Å². The second-order valence-corrected chi connectivity index (χ2v) is 6.37. The minimum Gasteiger partial charge on any atom is -0.370 e. The van der Waals surface area contributed by atoms with E-state index in [-0.39, 0.29) is 0 Å².